The highest BCUT2D eigenvalue weighted by Gasteiger charge is 2.10. The van der Waals surface area contributed by atoms with Crippen LogP contribution in [0.25, 0.3) is 0 Å². The number of methoxy groups -OCH3 is 1. The topological polar surface area (TPSA) is 115 Å². The average Bonchev–Trinajstić information content (AvgIpc) is 2.78. The zero-order valence-electron chi connectivity index (χ0n) is 17.7. The monoisotopic (exact) mass is 445 g/mol. The molecule has 0 aliphatic rings. The van der Waals surface area contributed by atoms with Crippen LogP contribution >= 0.6 is 0 Å². The van der Waals surface area contributed by atoms with Gasteiger partial charge in [-0.3, -0.25) is 9.59 Å². The first-order valence-corrected chi connectivity index (χ1v) is 9.75. The highest BCUT2D eigenvalue weighted by atomic mass is 19.1. The molecule has 0 heterocycles. The summed E-state index contributed by atoms with van der Waals surface area (Å²) in [5.41, 5.74) is 2.97. The summed E-state index contributed by atoms with van der Waals surface area (Å²) in [7, 11) is 1.45. The molecule has 0 atom stereocenters. The van der Waals surface area contributed by atoms with E-state index in [1.165, 1.54) is 31.5 Å². The van der Waals surface area contributed by atoms with Crippen molar-refractivity contribution in [2.45, 2.75) is 19.8 Å². The van der Waals surface area contributed by atoms with Gasteiger partial charge in [-0.1, -0.05) is 12.1 Å². The second-order valence-electron chi connectivity index (χ2n) is 6.33. The van der Waals surface area contributed by atoms with Crippen molar-refractivity contribution in [3.05, 3.63) is 53.8 Å². The molecule has 2 N–H and O–H groups in total. The largest absolute Gasteiger partial charge is 0.493 e. The minimum Gasteiger partial charge on any atom is -0.493 e. The number of hydrogen-bond donors (Lipinski definition) is 2. The van der Waals surface area contributed by atoms with E-state index < -0.39 is 23.6 Å². The highest BCUT2D eigenvalue weighted by Crippen LogP contribution is 2.27. The van der Waals surface area contributed by atoms with Crippen LogP contribution in [0.5, 0.6) is 11.5 Å². The summed E-state index contributed by atoms with van der Waals surface area (Å²) in [5, 5.41) is 6.24. The molecule has 0 fully saturated rings. The summed E-state index contributed by atoms with van der Waals surface area (Å²) in [4.78, 5) is 35.1. The number of halogens is 1. The van der Waals surface area contributed by atoms with Gasteiger partial charge >= 0.3 is 5.97 Å². The van der Waals surface area contributed by atoms with Crippen LogP contribution < -0.4 is 20.2 Å². The first-order valence-electron chi connectivity index (χ1n) is 9.75. The molecule has 2 amide bonds. The molecule has 0 aromatic heterocycles. The third kappa shape index (κ3) is 8.05. The minimum atomic E-state index is -0.553. The fourth-order valence-corrected chi connectivity index (χ4v) is 2.46. The van der Waals surface area contributed by atoms with Crippen LogP contribution in [0.4, 0.5) is 10.1 Å². The van der Waals surface area contributed by atoms with E-state index >= 15 is 0 Å². The van der Waals surface area contributed by atoms with Gasteiger partial charge in [-0.15, -0.1) is 0 Å². The molecule has 2 rings (SSSR count). The van der Waals surface area contributed by atoms with E-state index in [1.54, 1.807) is 31.2 Å². The van der Waals surface area contributed by atoms with E-state index in [4.69, 9.17) is 14.2 Å². The fourth-order valence-electron chi connectivity index (χ4n) is 2.46. The maximum atomic E-state index is 13.5. The van der Waals surface area contributed by atoms with E-state index in [2.05, 4.69) is 15.8 Å². The average molecular weight is 445 g/mol. The maximum absolute atomic E-state index is 13.5. The van der Waals surface area contributed by atoms with Gasteiger partial charge in [0.05, 0.1) is 25.6 Å². The van der Waals surface area contributed by atoms with Crippen molar-refractivity contribution in [3.63, 3.8) is 0 Å². The molecule has 2 aromatic carbocycles. The van der Waals surface area contributed by atoms with Gasteiger partial charge in [-0.25, -0.2) is 14.6 Å². The zero-order valence-corrected chi connectivity index (χ0v) is 17.7. The molecule has 170 valence electrons. The number of hydrogen-bond acceptors (Lipinski definition) is 7. The summed E-state index contributed by atoms with van der Waals surface area (Å²) in [6.07, 6.45) is 1.13. The van der Waals surface area contributed by atoms with Crippen LogP contribution in [-0.4, -0.2) is 44.3 Å². The van der Waals surface area contributed by atoms with Gasteiger partial charge in [0.2, 0.25) is 11.8 Å². The number of anilines is 1. The molecule has 10 heteroatoms. The Kier molecular flexibility index (Phi) is 9.64. The number of ether oxygens (including phenoxy) is 3. The van der Waals surface area contributed by atoms with Crippen molar-refractivity contribution >= 4 is 29.7 Å². The second kappa shape index (κ2) is 12.7. The molecule has 32 heavy (non-hydrogen) atoms. The number of benzene rings is 2. The second-order valence-corrected chi connectivity index (χ2v) is 6.33. The molecule has 0 radical (unpaired) electrons. The normalized spacial score (nSPS) is 10.5. The number of carbonyl (C=O) groups is 3. The minimum absolute atomic E-state index is 0.0551. The first kappa shape index (κ1) is 24.3. The molecule has 0 aliphatic carbocycles. The summed E-state index contributed by atoms with van der Waals surface area (Å²) >= 11 is 0. The molecule has 9 nitrogen and oxygen atoms in total. The molecule has 0 saturated heterocycles. The lowest BCUT2D eigenvalue weighted by atomic mass is 10.2. The van der Waals surface area contributed by atoms with Gasteiger partial charge < -0.3 is 19.5 Å². The fraction of sp³-hybridized carbons (Fsp3) is 0.273. The quantitative estimate of drug-likeness (QED) is 0.312. The van der Waals surface area contributed by atoms with Crippen LogP contribution in [-0.2, 0) is 19.1 Å². The molecule has 0 bridgehead atoms. The van der Waals surface area contributed by atoms with E-state index in [-0.39, 0.29) is 31.7 Å². The predicted octanol–water partition coefficient (Wildman–Crippen LogP) is 2.65. The Morgan fingerprint density at radius 2 is 1.81 bits per heavy atom. The van der Waals surface area contributed by atoms with Crippen molar-refractivity contribution in [2.75, 3.05) is 25.6 Å². The summed E-state index contributed by atoms with van der Waals surface area (Å²) in [5.74, 6) is -1.30. The van der Waals surface area contributed by atoms with Gasteiger partial charge in [0, 0.05) is 12.8 Å². The van der Waals surface area contributed by atoms with E-state index in [0.717, 1.165) is 0 Å². The first-order chi connectivity index (χ1) is 15.4. The number of rotatable bonds is 11. The molecular formula is C22H24FN3O6. The van der Waals surface area contributed by atoms with Gasteiger partial charge in [0.15, 0.2) is 18.1 Å². The van der Waals surface area contributed by atoms with Crippen molar-refractivity contribution in [1.82, 2.24) is 5.43 Å². The third-order valence-corrected chi connectivity index (χ3v) is 3.97. The smallest absolute Gasteiger partial charge is 0.344 e. The molecule has 0 spiro atoms. The predicted molar refractivity (Wildman–Crippen MR) is 115 cm³/mol. The van der Waals surface area contributed by atoms with E-state index in [1.807, 2.05) is 0 Å². The van der Waals surface area contributed by atoms with Crippen LogP contribution in [0.1, 0.15) is 25.3 Å². The number of para-hydroxylation sites is 1. The molecule has 2 aromatic rings. The van der Waals surface area contributed by atoms with Crippen LogP contribution in [0.2, 0.25) is 0 Å². The maximum Gasteiger partial charge on any atom is 0.344 e. The Labute approximate surface area is 184 Å². The number of hydrazone groups is 1. The lowest BCUT2D eigenvalue weighted by Gasteiger charge is -2.10. The molecule has 0 aliphatic heterocycles. The molecule has 0 unspecified atom stereocenters. The number of nitrogens with zero attached hydrogens (tertiary/aromatic N) is 1. The standard InChI is InChI=1S/C22H24FN3O6/c1-3-31-22(29)14-32-18-9-8-15(12-19(18)30-2)13-24-26-21(28)11-10-20(27)25-17-7-5-4-6-16(17)23/h4-9,12-13H,3,10-11,14H2,1-2H3,(H,25,27)(H,26,28). The number of nitrogens with one attached hydrogen (secondary N) is 2. The van der Waals surface area contributed by atoms with Crippen LogP contribution in [0.15, 0.2) is 47.6 Å². The number of carbonyl (C=O) groups excluding carboxylic acids is 3. The summed E-state index contributed by atoms with van der Waals surface area (Å²) in [6, 6.07) is 10.6. The lowest BCUT2D eigenvalue weighted by molar-refractivity contribution is -0.145. The Balaban J connectivity index is 1.81. The highest BCUT2D eigenvalue weighted by molar-refractivity contribution is 5.93. The lowest BCUT2D eigenvalue weighted by Crippen LogP contribution is -2.21. The van der Waals surface area contributed by atoms with Crippen molar-refractivity contribution < 1.29 is 33.0 Å². The molecule has 0 saturated carbocycles. The summed E-state index contributed by atoms with van der Waals surface area (Å²) < 4.78 is 28.9. The van der Waals surface area contributed by atoms with Gasteiger partial charge in [-0.05, 0) is 42.8 Å². The number of esters is 1. The summed E-state index contributed by atoms with van der Waals surface area (Å²) in [6.45, 7) is 1.71. The van der Waals surface area contributed by atoms with Crippen molar-refractivity contribution in [1.29, 1.82) is 0 Å². The van der Waals surface area contributed by atoms with Gasteiger partial charge in [0.1, 0.15) is 5.82 Å². The SMILES string of the molecule is CCOC(=O)COc1ccc(C=NNC(=O)CCC(=O)Nc2ccccc2F)cc1OC. The Morgan fingerprint density at radius 1 is 1.06 bits per heavy atom. The Hall–Kier alpha value is -3.95. The van der Waals surface area contributed by atoms with Crippen molar-refractivity contribution in [3.8, 4) is 11.5 Å². The van der Waals surface area contributed by atoms with Crippen molar-refractivity contribution in [2.24, 2.45) is 5.10 Å². The molecular weight excluding hydrogens is 421 g/mol. The van der Waals surface area contributed by atoms with E-state index in [9.17, 15) is 18.8 Å². The van der Waals surface area contributed by atoms with E-state index in [0.29, 0.717) is 17.1 Å². The Bertz CT molecular complexity index is 980. The third-order valence-electron chi connectivity index (χ3n) is 3.97. The number of amides is 2. The van der Waals surface area contributed by atoms with Gasteiger partial charge in [0.25, 0.3) is 0 Å². The van der Waals surface area contributed by atoms with Crippen LogP contribution in [0.3, 0.4) is 0 Å². The van der Waals surface area contributed by atoms with Crippen LogP contribution in [0, 0.1) is 5.82 Å². The van der Waals surface area contributed by atoms with Gasteiger partial charge in [-0.2, -0.15) is 5.10 Å². The zero-order chi connectivity index (χ0) is 23.3. The Morgan fingerprint density at radius 3 is 2.53 bits per heavy atom.